The first-order valence-corrected chi connectivity index (χ1v) is 7.11. The molecule has 2 N–H and O–H groups in total. The number of methoxy groups -OCH3 is 1. The van der Waals surface area contributed by atoms with Gasteiger partial charge in [0.2, 0.25) is 5.91 Å². The van der Waals surface area contributed by atoms with Crippen molar-refractivity contribution in [2.75, 3.05) is 25.2 Å². The molecule has 0 aromatic carbocycles. The second-order valence-electron chi connectivity index (χ2n) is 4.40. The molecule has 0 spiro atoms. The minimum Gasteiger partial charge on any atom is -0.379 e. The molecule has 0 aromatic heterocycles. The van der Waals surface area contributed by atoms with Crippen LogP contribution in [0.4, 0.5) is 0 Å². The highest BCUT2D eigenvalue weighted by Crippen LogP contribution is 2.21. The van der Waals surface area contributed by atoms with E-state index in [1.54, 1.807) is 7.11 Å². The number of nitrogens with one attached hydrogen (secondary N) is 2. The average molecular weight is 244 g/mol. The fourth-order valence-electron chi connectivity index (χ4n) is 2.39. The summed E-state index contributed by atoms with van der Waals surface area (Å²) in [5, 5.41) is 6.36. The van der Waals surface area contributed by atoms with E-state index in [0.717, 1.165) is 37.3 Å². The predicted molar refractivity (Wildman–Crippen MR) is 65.7 cm³/mol. The molecule has 4 nitrogen and oxygen atoms in total. The van der Waals surface area contributed by atoms with Gasteiger partial charge in [-0.2, -0.15) is 11.8 Å². The highest BCUT2D eigenvalue weighted by molar-refractivity contribution is 7.99. The van der Waals surface area contributed by atoms with Crippen LogP contribution in [0.5, 0.6) is 0 Å². The normalized spacial score (nSPS) is 34.9. The number of rotatable bonds is 3. The van der Waals surface area contributed by atoms with Crippen molar-refractivity contribution >= 4 is 17.7 Å². The zero-order chi connectivity index (χ0) is 11.4. The number of carbonyl (C=O) groups excluding carboxylic acids is 1. The zero-order valence-corrected chi connectivity index (χ0v) is 10.5. The lowest BCUT2D eigenvalue weighted by Crippen LogP contribution is -2.53. The van der Waals surface area contributed by atoms with E-state index in [1.807, 2.05) is 11.8 Å². The van der Waals surface area contributed by atoms with E-state index in [1.165, 1.54) is 0 Å². The summed E-state index contributed by atoms with van der Waals surface area (Å²) in [4.78, 5) is 12.0. The van der Waals surface area contributed by atoms with Gasteiger partial charge in [0.15, 0.2) is 0 Å². The van der Waals surface area contributed by atoms with Crippen LogP contribution in [-0.4, -0.2) is 49.3 Å². The third kappa shape index (κ3) is 2.90. The van der Waals surface area contributed by atoms with E-state index in [9.17, 15) is 4.79 Å². The number of hydrogen-bond donors (Lipinski definition) is 2. The molecule has 0 aromatic rings. The van der Waals surface area contributed by atoms with E-state index in [-0.39, 0.29) is 24.1 Å². The molecule has 0 bridgehead atoms. The first-order valence-electron chi connectivity index (χ1n) is 5.95. The topological polar surface area (TPSA) is 50.4 Å². The molecule has 5 heteroatoms. The number of carbonyl (C=O) groups is 1. The molecule has 1 aliphatic heterocycles. The summed E-state index contributed by atoms with van der Waals surface area (Å²) in [6.45, 7) is 0.932. The third-order valence-electron chi connectivity index (χ3n) is 3.32. The smallest absolute Gasteiger partial charge is 0.238 e. The molecular weight excluding hydrogens is 224 g/mol. The molecule has 2 aliphatic rings. The standard InChI is InChI=1S/C11H20N2O2S/c1-15-10-4-2-3-8(10)13-11(14)9-7-16-6-5-12-9/h8-10,12H,2-7H2,1H3,(H,13,14). The summed E-state index contributed by atoms with van der Waals surface area (Å²) in [5.41, 5.74) is 0. The van der Waals surface area contributed by atoms with Crippen LogP contribution in [0.1, 0.15) is 19.3 Å². The van der Waals surface area contributed by atoms with E-state index in [2.05, 4.69) is 10.6 Å². The SMILES string of the molecule is COC1CCCC1NC(=O)C1CSCCN1. The minimum atomic E-state index is -0.0168. The van der Waals surface area contributed by atoms with Crippen molar-refractivity contribution in [1.29, 1.82) is 0 Å². The molecular formula is C11H20N2O2S. The number of hydrogen-bond acceptors (Lipinski definition) is 4. The predicted octanol–water partition coefficient (Wildman–Crippen LogP) is 0.375. The minimum absolute atomic E-state index is 0.0168. The zero-order valence-electron chi connectivity index (χ0n) is 9.70. The van der Waals surface area contributed by atoms with E-state index in [0.29, 0.717) is 0 Å². The van der Waals surface area contributed by atoms with E-state index < -0.39 is 0 Å². The summed E-state index contributed by atoms with van der Waals surface area (Å²) in [6.07, 6.45) is 3.47. The fraction of sp³-hybridized carbons (Fsp3) is 0.909. The van der Waals surface area contributed by atoms with E-state index >= 15 is 0 Å². The monoisotopic (exact) mass is 244 g/mol. The lowest BCUT2D eigenvalue weighted by atomic mass is 10.2. The van der Waals surface area contributed by atoms with Gasteiger partial charge in [-0.1, -0.05) is 0 Å². The second kappa shape index (κ2) is 5.89. The Morgan fingerprint density at radius 1 is 1.50 bits per heavy atom. The average Bonchev–Trinajstić information content (AvgIpc) is 2.77. The molecule has 2 fully saturated rings. The Morgan fingerprint density at radius 3 is 3.06 bits per heavy atom. The van der Waals surface area contributed by atoms with Crippen molar-refractivity contribution in [1.82, 2.24) is 10.6 Å². The van der Waals surface area contributed by atoms with Gasteiger partial charge in [0.1, 0.15) is 0 Å². The molecule has 92 valence electrons. The van der Waals surface area contributed by atoms with Crippen LogP contribution in [-0.2, 0) is 9.53 Å². The van der Waals surface area contributed by atoms with Gasteiger partial charge >= 0.3 is 0 Å². The van der Waals surface area contributed by atoms with Crippen LogP contribution in [0.25, 0.3) is 0 Å². The number of amides is 1. The van der Waals surface area contributed by atoms with Crippen molar-refractivity contribution in [3.63, 3.8) is 0 Å². The third-order valence-corrected chi connectivity index (χ3v) is 4.38. The molecule has 1 heterocycles. The molecule has 2 rings (SSSR count). The fourth-order valence-corrected chi connectivity index (χ4v) is 3.32. The van der Waals surface area contributed by atoms with Crippen LogP contribution in [0.2, 0.25) is 0 Å². The highest BCUT2D eigenvalue weighted by atomic mass is 32.2. The summed E-state index contributed by atoms with van der Waals surface area (Å²) >= 11 is 1.84. The molecule has 16 heavy (non-hydrogen) atoms. The Balaban J connectivity index is 1.81. The number of thioether (sulfide) groups is 1. The van der Waals surface area contributed by atoms with Crippen LogP contribution in [0.3, 0.4) is 0 Å². The van der Waals surface area contributed by atoms with Gasteiger partial charge in [-0.25, -0.2) is 0 Å². The molecule has 3 unspecified atom stereocenters. The van der Waals surface area contributed by atoms with Crippen molar-refractivity contribution < 1.29 is 9.53 Å². The summed E-state index contributed by atoms with van der Waals surface area (Å²) in [6, 6.07) is 0.197. The van der Waals surface area contributed by atoms with Gasteiger partial charge in [0.25, 0.3) is 0 Å². The Bertz CT molecular complexity index is 244. The van der Waals surface area contributed by atoms with Crippen LogP contribution in [0, 0.1) is 0 Å². The summed E-state index contributed by atoms with van der Waals surface area (Å²) in [5.74, 6) is 2.13. The second-order valence-corrected chi connectivity index (χ2v) is 5.55. The number of ether oxygens (including phenoxy) is 1. The first kappa shape index (κ1) is 12.2. The van der Waals surface area contributed by atoms with Gasteiger partial charge in [0, 0.05) is 25.2 Å². The molecule has 1 amide bonds. The summed E-state index contributed by atoms with van der Waals surface area (Å²) in [7, 11) is 1.73. The quantitative estimate of drug-likeness (QED) is 0.753. The lowest BCUT2D eigenvalue weighted by molar-refractivity contribution is -0.124. The first-order chi connectivity index (χ1) is 7.81. The Morgan fingerprint density at radius 2 is 2.38 bits per heavy atom. The lowest BCUT2D eigenvalue weighted by Gasteiger charge is -2.26. The van der Waals surface area contributed by atoms with Crippen molar-refractivity contribution in [3.05, 3.63) is 0 Å². The van der Waals surface area contributed by atoms with Crippen LogP contribution in [0.15, 0.2) is 0 Å². The van der Waals surface area contributed by atoms with Crippen molar-refractivity contribution in [2.45, 2.75) is 37.5 Å². The molecule has 1 saturated heterocycles. The Hall–Kier alpha value is -0.260. The maximum Gasteiger partial charge on any atom is 0.238 e. The summed E-state index contributed by atoms with van der Waals surface area (Å²) < 4.78 is 5.37. The van der Waals surface area contributed by atoms with Crippen LogP contribution >= 0.6 is 11.8 Å². The Labute approximate surface area is 101 Å². The molecule has 1 saturated carbocycles. The van der Waals surface area contributed by atoms with Gasteiger partial charge in [-0.15, -0.1) is 0 Å². The van der Waals surface area contributed by atoms with Crippen LogP contribution < -0.4 is 10.6 Å². The van der Waals surface area contributed by atoms with Gasteiger partial charge in [-0.05, 0) is 19.3 Å². The van der Waals surface area contributed by atoms with Gasteiger partial charge in [-0.3, -0.25) is 4.79 Å². The molecule has 0 radical (unpaired) electrons. The molecule has 1 aliphatic carbocycles. The van der Waals surface area contributed by atoms with Gasteiger partial charge < -0.3 is 15.4 Å². The largest absolute Gasteiger partial charge is 0.379 e. The van der Waals surface area contributed by atoms with Gasteiger partial charge in [0.05, 0.1) is 18.2 Å². The van der Waals surface area contributed by atoms with Crippen molar-refractivity contribution in [3.8, 4) is 0 Å². The maximum absolute atomic E-state index is 12.0. The Kier molecular flexibility index (Phi) is 4.49. The maximum atomic E-state index is 12.0. The molecule has 3 atom stereocenters. The van der Waals surface area contributed by atoms with Crippen molar-refractivity contribution in [2.24, 2.45) is 0 Å². The van der Waals surface area contributed by atoms with E-state index in [4.69, 9.17) is 4.74 Å². The highest BCUT2D eigenvalue weighted by Gasteiger charge is 2.30.